The van der Waals surface area contributed by atoms with Crippen molar-refractivity contribution in [1.29, 1.82) is 0 Å². The zero-order valence-corrected chi connectivity index (χ0v) is 10.6. The maximum absolute atomic E-state index is 3.59. The molecule has 1 aromatic heterocycles. The topological polar surface area (TPSA) is 17.0 Å². The largest absolute Gasteiger partial charge is 0.349 e. The molecular weight excluding hydrogens is 252 g/mol. The third-order valence-electron chi connectivity index (χ3n) is 2.68. The Labute approximate surface area is 98.4 Å². The van der Waals surface area contributed by atoms with Crippen LogP contribution in [0.5, 0.6) is 0 Å². The van der Waals surface area contributed by atoms with Crippen LogP contribution in [-0.4, -0.2) is 18.2 Å². The summed E-state index contributed by atoms with van der Waals surface area (Å²) in [6.45, 7) is 1.02. The molecule has 0 fully saturated rings. The second kappa shape index (κ2) is 4.37. The molecule has 80 valence electrons. The van der Waals surface area contributed by atoms with Gasteiger partial charge in [-0.3, -0.25) is 0 Å². The first kappa shape index (κ1) is 10.7. The SMILES string of the molecule is CNCCc1cn(C)c2c(Br)cccc12. The van der Waals surface area contributed by atoms with E-state index >= 15 is 0 Å². The van der Waals surface area contributed by atoms with Crippen LogP contribution in [0.2, 0.25) is 0 Å². The lowest BCUT2D eigenvalue weighted by Crippen LogP contribution is -2.09. The maximum Gasteiger partial charge on any atom is 0.0624 e. The van der Waals surface area contributed by atoms with Crippen LogP contribution in [0.1, 0.15) is 5.56 Å². The van der Waals surface area contributed by atoms with Gasteiger partial charge < -0.3 is 9.88 Å². The monoisotopic (exact) mass is 266 g/mol. The summed E-state index contributed by atoms with van der Waals surface area (Å²) in [5.74, 6) is 0. The quantitative estimate of drug-likeness (QED) is 0.904. The number of hydrogen-bond acceptors (Lipinski definition) is 1. The number of rotatable bonds is 3. The van der Waals surface area contributed by atoms with Crippen molar-refractivity contribution in [3.05, 3.63) is 34.4 Å². The van der Waals surface area contributed by atoms with Gasteiger partial charge in [-0.05, 0) is 47.6 Å². The Morgan fingerprint density at radius 3 is 2.93 bits per heavy atom. The summed E-state index contributed by atoms with van der Waals surface area (Å²) in [6.07, 6.45) is 3.29. The molecule has 0 aliphatic rings. The molecule has 0 saturated heterocycles. The Kier molecular flexibility index (Phi) is 3.12. The number of likely N-dealkylation sites (N-methyl/N-ethyl adjacent to an activating group) is 1. The first-order chi connectivity index (χ1) is 7.24. The zero-order valence-electron chi connectivity index (χ0n) is 9.05. The molecule has 0 aliphatic carbocycles. The number of hydrogen-bond donors (Lipinski definition) is 1. The van der Waals surface area contributed by atoms with E-state index in [4.69, 9.17) is 0 Å². The lowest BCUT2D eigenvalue weighted by molar-refractivity contribution is 0.791. The van der Waals surface area contributed by atoms with E-state index in [-0.39, 0.29) is 0 Å². The number of fused-ring (bicyclic) bond motifs is 1. The van der Waals surface area contributed by atoms with Crippen molar-refractivity contribution < 1.29 is 0 Å². The van der Waals surface area contributed by atoms with Crippen molar-refractivity contribution in [2.75, 3.05) is 13.6 Å². The Balaban J connectivity index is 2.53. The summed E-state index contributed by atoms with van der Waals surface area (Å²) in [5.41, 5.74) is 2.69. The van der Waals surface area contributed by atoms with Crippen LogP contribution >= 0.6 is 15.9 Å². The second-order valence-corrected chi connectivity index (χ2v) is 4.61. The highest BCUT2D eigenvalue weighted by Crippen LogP contribution is 2.27. The summed E-state index contributed by atoms with van der Waals surface area (Å²) < 4.78 is 3.35. The van der Waals surface area contributed by atoms with Crippen molar-refractivity contribution in [2.45, 2.75) is 6.42 Å². The van der Waals surface area contributed by atoms with Gasteiger partial charge in [0.05, 0.1) is 5.52 Å². The molecule has 0 spiro atoms. The number of halogens is 1. The smallest absolute Gasteiger partial charge is 0.0624 e. The van der Waals surface area contributed by atoms with E-state index in [0.717, 1.165) is 13.0 Å². The van der Waals surface area contributed by atoms with E-state index < -0.39 is 0 Å². The highest BCUT2D eigenvalue weighted by atomic mass is 79.9. The number of benzene rings is 1. The fraction of sp³-hybridized carbons (Fsp3) is 0.333. The third kappa shape index (κ3) is 1.94. The molecule has 0 aliphatic heterocycles. The first-order valence-corrected chi connectivity index (χ1v) is 5.90. The molecule has 2 aromatic rings. The molecule has 3 heteroatoms. The first-order valence-electron chi connectivity index (χ1n) is 5.11. The normalized spacial score (nSPS) is 11.1. The van der Waals surface area contributed by atoms with Crippen LogP contribution in [-0.2, 0) is 13.5 Å². The Morgan fingerprint density at radius 1 is 1.40 bits per heavy atom. The molecule has 2 rings (SSSR count). The Morgan fingerprint density at radius 2 is 2.20 bits per heavy atom. The average molecular weight is 267 g/mol. The van der Waals surface area contributed by atoms with Crippen LogP contribution in [0.15, 0.2) is 28.9 Å². The van der Waals surface area contributed by atoms with E-state index in [9.17, 15) is 0 Å². The highest BCUT2D eigenvalue weighted by Gasteiger charge is 2.07. The molecule has 15 heavy (non-hydrogen) atoms. The molecule has 0 amide bonds. The number of nitrogens with zero attached hydrogens (tertiary/aromatic N) is 1. The fourth-order valence-corrected chi connectivity index (χ4v) is 2.61. The average Bonchev–Trinajstić information content (AvgIpc) is 2.54. The molecule has 2 nitrogen and oxygen atoms in total. The van der Waals surface area contributed by atoms with Crippen molar-refractivity contribution >= 4 is 26.8 Å². The van der Waals surface area contributed by atoms with Crippen LogP contribution in [0, 0.1) is 0 Å². The Hall–Kier alpha value is -0.800. The van der Waals surface area contributed by atoms with E-state index in [1.54, 1.807) is 0 Å². The number of nitrogens with one attached hydrogen (secondary N) is 1. The van der Waals surface area contributed by atoms with Gasteiger partial charge in [0.2, 0.25) is 0 Å². The fourth-order valence-electron chi connectivity index (χ4n) is 1.96. The van der Waals surface area contributed by atoms with Gasteiger partial charge in [0.15, 0.2) is 0 Å². The van der Waals surface area contributed by atoms with Gasteiger partial charge in [-0.1, -0.05) is 12.1 Å². The predicted octanol–water partition coefficient (Wildman–Crippen LogP) is 2.70. The molecule has 0 saturated carbocycles. The van der Waals surface area contributed by atoms with Crippen molar-refractivity contribution in [3.8, 4) is 0 Å². The van der Waals surface area contributed by atoms with Gasteiger partial charge in [-0.2, -0.15) is 0 Å². The molecule has 1 heterocycles. The van der Waals surface area contributed by atoms with Crippen molar-refractivity contribution in [2.24, 2.45) is 7.05 Å². The minimum absolute atomic E-state index is 1.02. The number of para-hydroxylation sites is 1. The van der Waals surface area contributed by atoms with Crippen molar-refractivity contribution in [1.82, 2.24) is 9.88 Å². The number of aromatic nitrogens is 1. The van der Waals surface area contributed by atoms with E-state index in [0.29, 0.717) is 0 Å². The van der Waals surface area contributed by atoms with Gasteiger partial charge in [-0.15, -0.1) is 0 Å². The van der Waals surface area contributed by atoms with Crippen LogP contribution in [0.3, 0.4) is 0 Å². The summed E-state index contributed by atoms with van der Waals surface area (Å²) in [4.78, 5) is 0. The molecular formula is C12H15BrN2. The Bertz CT molecular complexity index is 474. The van der Waals surface area contributed by atoms with Crippen LogP contribution in [0.4, 0.5) is 0 Å². The van der Waals surface area contributed by atoms with Gasteiger partial charge in [-0.25, -0.2) is 0 Å². The predicted molar refractivity (Wildman–Crippen MR) is 68.2 cm³/mol. The van der Waals surface area contributed by atoms with Crippen molar-refractivity contribution in [3.63, 3.8) is 0 Å². The van der Waals surface area contributed by atoms with Crippen LogP contribution in [0.25, 0.3) is 10.9 Å². The van der Waals surface area contributed by atoms with Gasteiger partial charge in [0.25, 0.3) is 0 Å². The number of aryl methyl sites for hydroxylation is 1. The summed E-state index contributed by atoms with van der Waals surface area (Å²) >= 11 is 3.59. The molecule has 0 atom stereocenters. The molecule has 1 N–H and O–H groups in total. The maximum atomic E-state index is 3.59. The minimum Gasteiger partial charge on any atom is -0.349 e. The lowest BCUT2D eigenvalue weighted by atomic mass is 10.1. The van der Waals surface area contributed by atoms with E-state index in [1.165, 1.54) is 20.9 Å². The van der Waals surface area contributed by atoms with Gasteiger partial charge in [0.1, 0.15) is 0 Å². The summed E-state index contributed by atoms with van der Waals surface area (Å²) in [7, 11) is 4.08. The van der Waals surface area contributed by atoms with E-state index in [1.807, 2.05) is 7.05 Å². The van der Waals surface area contributed by atoms with E-state index in [2.05, 4.69) is 57.3 Å². The molecule has 0 unspecified atom stereocenters. The van der Waals surface area contributed by atoms with Gasteiger partial charge >= 0.3 is 0 Å². The molecule has 0 bridgehead atoms. The lowest BCUT2D eigenvalue weighted by Gasteiger charge is -1.99. The molecule has 0 radical (unpaired) electrons. The standard InChI is InChI=1S/C12H15BrN2/c1-14-7-6-9-8-15(2)12-10(9)4-3-5-11(12)13/h3-5,8,14H,6-7H2,1-2H3. The highest BCUT2D eigenvalue weighted by molar-refractivity contribution is 9.10. The second-order valence-electron chi connectivity index (χ2n) is 3.75. The zero-order chi connectivity index (χ0) is 10.8. The summed E-state index contributed by atoms with van der Waals surface area (Å²) in [6, 6.07) is 6.37. The van der Waals surface area contributed by atoms with Crippen LogP contribution < -0.4 is 5.32 Å². The summed E-state index contributed by atoms with van der Waals surface area (Å²) in [5, 5.41) is 4.53. The molecule has 1 aromatic carbocycles. The third-order valence-corrected chi connectivity index (χ3v) is 3.32. The minimum atomic E-state index is 1.02. The van der Waals surface area contributed by atoms with Gasteiger partial charge in [0, 0.05) is 23.1 Å².